The maximum atomic E-state index is 13.3. The van der Waals surface area contributed by atoms with E-state index in [0.29, 0.717) is 39.3 Å². The van der Waals surface area contributed by atoms with Crippen molar-refractivity contribution in [2.45, 2.75) is 20.3 Å². The van der Waals surface area contributed by atoms with Crippen molar-refractivity contribution in [2.75, 3.05) is 18.4 Å². The fourth-order valence-corrected chi connectivity index (χ4v) is 4.76. The van der Waals surface area contributed by atoms with Gasteiger partial charge < -0.3 is 5.32 Å². The van der Waals surface area contributed by atoms with Crippen molar-refractivity contribution in [3.63, 3.8) is 0 Å². The maximum absolute atomic E-state index is 13.3. The van der Waals surface area contributed by atoms with Crippen LogP contribution in [-0.2, 0) is 11.2 Å². The van der Waals surface area contributed by atoms with Crippen LogP contribution in [0, 0.1) is 6.92 Å². The van der Waals surface area contributed by atoms with E-state index in [-0.39, 0.29) is 11.5 Å². The number of anilines is 1. The lowest BCUT2D eigenvalue weighted by atomic mass is 10.1. The fourth-order valence-electron chi connectivity index (χ4n) is 3.40. The van der Waals surface area contributed by atoms with Crippen LogP contribution < -0.4 is 10.9 Å². The van der Waals surface area contributed by atoms with Gasteiger partial charge in [0.2, 0.25) is 0 Å². The number of hydrogen-bond acceptors (Lipinski definition) is 6. The van der Waals surface area contributed by atoms with Gasteiger partial charge in [-0.1, -0.05) is 60.4 Å². The Kier molecular flexibility index (Phi) is 6.20. The lowest BCUT2D eigenvalue weighted by Gasteiger charge is -2.12. The Hall–Kier alpha value is -2.97. The Bertz CT molecular complexity index is 1250. The summed E-state index contributed by atoms with van der Waals surface area (Å²) in [5.74, 6) is 0.285. The van der Waals surface area contributed by atoms with Gasteiger partial charge in [0.25, 0.3) is 11.5 Å². The minimum Gasteiger partial charge on any atom is -0.369 e. The van der Waals surface area contributed by atoms with Gasteiger partial charge in [0.15, 0.2) is 0 Å². The zero-order valence-corrected chi connectivity index (χ0v) is 18.9. The highest BCUT2D eigenvalue weighted by atomic mass is 32.2. The number of thiocarbonyl (C=S) groups is 1. The summed E-state index contributed by atoms with van der Waals surface area (Å²) in [7, 11) is 0. The molecule has 31 heavy (non-hydrogen) atoms. The first-order valence-corrected chi connectivity index (χ1v) is 11.3. The molecule has 3 aromatic rings. The van der Waals surface area contributed by atoms with Crippen LogP contribution in [0.5, 0.6) is 0 Å². The number of benzene rings is 1. The summed E-state index contributed by atoms with van der Waals surface area (Å²) in [5, 5.41) is 3.30. The van der Waals surface area contributed by atoms with Crippen molar-refractivity contribution in [2.24, 2.45) is 0 Å². The average molecular weight is 451 g/mol. The maximum Gasteiger partial charge on any atom is 0.267 e. The molecule has 0 unspecified atom stereocenters. The number of hydrogen-bond donors (Lipinski definition) is 1. The molecule has 0 radical (unpaired) electrons. The van der Waals surface area contributed by atoms with Gasteiger partial charge in [-0.15, -0.1) is 0 Å². The summed E-state index contributed by atoms with van der Waals surface area (Å²) in [6.07, 6.45) is 4.16. The highest BCUT2D eigenvalue weighted by Crippen LogP contribution is 2.32. The molecule has 0 spiro atoms. The molecule has 8 heteroatoms. The number of pyridine rings is 1. The van der Waals surface area contributed by atoms with Crippen molar-refractivity contribution >= 4 is 51.7 Å². The van der Waals surface area contributed by atoms with E-state index in [4.69, 9.17) is 12.2 Å². The molecule has 6 nitrogen and oxygen atoms in total. The van der Waals surface area contributed by atoms with Crippen molar-refractivity contribution < 1.29 is 4.79 Å². The number of likely N-dealkylation sites (N-methyl/N-ethyl adjacent to an activating group) is 1. The number of fused-ring (bicyclic) bond motifs is 1. The fraction of sp³-hybridized carbons (Fsp3) is 0.217. The smallest absolute Gasteiger partial charge is 0.267 e. The highest BCUT2D eigenvalue weighted by molar-refractivity contribution is 8.26. The Labute approximate surface area is 190 Å². The summed E-state index contributed by atoms with van der Waals surface area (Å²) in [6, 6.07) is 13.8. The quantitative estimate of drug-likeness (QED) is 0.454. The lowest BCUT2D eigenvalue weighted by Crippen LogP contribution is -2.27. The van der Waals surface area contributed by atoms with E-state index in [0.717, 1.165) is 12.0 Å². The van der Waals surface area contributed by atoms with Crippen LogP contribution in [0.15, 0.2) is 58.4 Å². The van der Waals surface area contributed by atoms with Crippen molar-refractivity contribution in [1.82, 2.24) is 14.3 Å². The summed E-state index contributed by atoms with van der Waals surface area (Å²) in [6.45, 7) is 4.90. The van der Waals surface area contributed by atoms with Crippen LogP contribution in [0.2, 0.25) is 0 Å². The molecule has 1 N–H and O–H groups in total. The number of carbonyl (C=O) groups is 1. The summed E-state index contributed by atoms with van der Waals surface area (Å²) < 4.78 is 2.02. The average Bonchev–Trinajstić information content (AvgIpc) is 3.04. The molecule has 0 atom stereocenters. The number of rotatable bonds is 6. The molecule has 2 aromatic heterocycles. The summed E-state index contributed by atoms with van der Waals surface area (Å²) in [4.78, 5) is 32.7. The molecule has 1 fully saturated rings. The van der Waals surface area contributed by atoms with Crippen molar-refractivity contribution in [3.05, 3.63) is 80.6 Å². The van der Waals surface area contributed by atoms with Crippen LogP contribution in [0.1, 0.15) is 23.6 Å². The summed E-state index contributed by atoms with van der Waals surface area (Å²) in [5.41, 5.74) is 2.82. The number of aryl methyl sites for hydroxylation is 1. The third-order valence-electron chi connectivity index (χ3n) is 5.02. The van der Waals surface area contributed by atoms with E-state index in [1.54, 1.807) is 12.3 Å². The molecule has 0 saturated carbocycles. The monoisotopic (exact) mass is 450 g/mol. The second-order valence-corrected chi connectivity index (χ2v) is 8.88. The molecule has 1 amide bonds. The molecule has 1 saturated heterocycles. The largest absolute Gasteiger partial charge is 0.369 e. The molecule has 158 valence electrons. The van der Waals surface area contributed by atoms with Gasteiger partial charge >= 0.3 is 0 Å². The topological polar surface area (TPSA) is 66.7 Å². The Morgan fingerprint density at radius 2 is 1.94 bits per heavy atom. The van der Waals surface area contributed by atoms with Gasteiger partial charge in [-0.2, -0.15) is 0 Å². The van der Waals surface area contributed by atoms with E-state index >= 15 is 0 Å². The van der Waals surface area contributed by atoms with Gasteiger partial charge in [0.1, 0.15) is 15.8 Å². The van der Waals surface area contributed by atoms with Crippen LogP contribution in [0.25, 0.3) is 11.7 Å². The molecular weight excluding hydrogens is 428 g/mol. The van der Waals surface area contributed by atoms with Gasteiger partial charge in [0, 0.05) is 19.3 Å². The van der Waals surface area contributed by atoms with E-state index in [2.05, 4.69) is 22.4 Å². The van der Waals surface area contributed by atoms with E-state index in [1.165, 1.54) is 26.6 Å². The molecule has 1 aliphatic rings. The third-order valence-corrected chi connectivity index (χ3v) is 6.40. The predicted molar refractivity (Wildman–Crippen MR) is 130 cm³/mol. The zero-order valence-electron chi connectivity index (χ0n) is 17.3. The van der Waals surface area contributed by atoms with Crippen LogP contribution in [0.3, 0.4) is 0 Å². The minimum absolute atomic E-state index is 0.179. The van der Waals surface area contributed by atoms with E-state index in [1.807, 2.05) is 44.2 Å². The molecular formula is C23H22N4O2S2. The Morgan fingerprint density at radius 1 is 1.16 bits per heavy atom. The normalized spacial score (nSPS) is 15.3. The number of nitrogens with one attached hydrogen (secondary N) is 1. The Balaban J connectivity index is 1.74. The second kappa shape index (κ2) is 9.03. The summed E-state index contributed by atoms with van der Waals surface area (Å²) >= 11 is 6.52. The second-order valence-electron chi connectivity index (χ2n) is 7.20. The third kappa shape index (κ3) is 4.40. The van der Waals surface area contributed by atoms with Crippen molar-refractivity contribution in [1.29, 1.82) is 0 Å². The van der Waals surface area contributed by atoms with Crippen molar-refractivity contribution in [3.8, 4) is 0 Å². The van der Waals surface area contributed by atoms with Gasteiger partial charge in [-0.25, -0.2) is 4.98 Å². The van der Waals surface area contributed by atoms with Gasteiger partial charge in [-0.05, 0) is 43.5 Å². The SMILES string of the molecule is CCN1C(=O)/C(=C\c2c(NCCc3ccccc3)nc3ccc(C)cn3c2=O)SC1=S. The van der Waals surface area contributed by atoms with Crippen LogP contribution in [-0.4, -0.2) is 37.6 Å². The van der Waals surface area contributed by atoms with Gasteiger partial charge in [-0.3, -0.25) is 18.9 Å². The first-order valence-electron chi connectivity index (χ1n) is 10.0. The van der Waals surface area contributed by atoms with Crippen LogP contribution in [0.4, 0.5) is 5.82 Å². The van der Waals surface area contributed by atoms with Crippen LogP contribution >= 0.6 is 24.0 Å². The first kappa shape index (κ1) is 21.3. The molecule has 1 aliphatic heterocycles. The number of thioether (sulfide) groups is 1. The van der Waals surface area contributed by atoms with E-state index < -0.39 is 0 Å². The molecule has 0 aliphatic carbocycles. The Morgan fingerprint density at radius 3 is 2.65 bits per heavy atom. The number of carbonyl (C=O) groups excluding carboxylic acids is 1. The predicted octanol–water partition coefficient (Wildman–Crippen LogP) is 3.88. The number of amides is 1. The molecule has 1 aromatic carbocycles. The molecule has 0 bridgehead atoms. The molecule has 3 heterocycles. The van der Waals surface area contributed by atoms with E-state index in [9.17, 15) is 9.59 Å². The standard InChI is InChI=1S/C23H22N4O2S2/c1-3-26-22(29)18(31-23(26)30)13-17-20(24-12-11-16-7-5-4-6-8-16)25-19-10-9-15(2)14-27(19)21(17)28/h4-10,13-14,24H,3,11-12H2,1-2H3/b18-13+. The number of aromatic nitrogens is 2. The van der Waals surface area contributed by atoms with Gasteiger partial charge in [0.05, 0.1) is 10.5 Å². The number of nitrogens with zero attached hydrogens (tertiary/aromatic N) is 3. The zero-order chi connectivity index (χ0) is 22.0. The molecule has 4 rings (SSSR count). The minimum atomic E-state index is -0.224. The highest BCUT2D eigenvalue weighted by Gasteiger charge is 2.31. The lowest BCUT2D eigenvalue weighted by molar-refractivity contribution is -0.121. The first-order chi connectivity index (χ1) is 15.0.